The van der Waals surface area contributed by atoms with Crippen LogP contribution in [0.15, 0.2) is 23.8 Å². The quantitative estimate of drug-likeness (QED) is 0.103. The molecule has 3 fully saturated rings. The number of rotatable bonds is 12. The summed E-state index contributed by atoms with van der Waals surface area (Å²) < 4.78 is 29.5. The van der Waals surface area contributed by atoms with Gasteiger partial charge in [0.25, 0.3) is 0 Å². The van der Waals surface area contributed by atoms with Gasteiger partial charge in [0.1, 0.15) is 12.2 Å². The van der Waals surface area contributed by atoms with Crippen molar-refractivity contribution in [2.24, 2.45) is 35.5 Å². The molecule has 0 bridgehead atoms. The first-order valence-corrected chi connectivity index (χ1v) is 15.4. The number of ketones is 1. The third-order valence-corrected chi connectivity index (χ3v) is 9.48. The van der Waals surface area contributed by atoms with Gasteiger partial charge in [-0.2, -0.15) is 0 Å². The molecule has 0 N–H and O–H groups in total. The highest BCUT2D eigenvalue weighted by atomic mass is 16.6. The van der Waals surface area contributed by atoms with Crippen LogP contribution in [0.5, 0.6) is 0 Å². The summed E-state index contributed by atoms with van der Waals surface area (Å²) in [5.74, 6) is -6.64. The van der Waals surface area contributed by atoms with Gasteiger partial charge in [0.15, 0.2) is 18.0 Å². The molecule has 3 aliphatic rings. The SMILES string of the molecule is C=C1C(OC(=O)C(C)CC)C(OC(=O)C=C(C)CC)C(C2(C)CO2)C2C(C(C)OC(C)=O)C(=O)C(OC(=O)C(C)CC)C12. The summed E-state index contributed by atoms with van der Waals surface area (Å²) in [5, 5.41) is 0. The van der Waals surface area contributed by atoms with Gasteiger partial charge in [-0.1, -0.05) is 46.8 Å². The lowest BCUT2D eigenvalue weighted by Gasteiger charge is -2.48. The smallest absolute Gasteiger partial charge is 0.331 e. The van der Waals surface area contributed by atoms with Crippen molar-refractivity contribution in [2.45, 2.75) is 112 Å². The number of fused-ring (bicyclic) bond motifs is 1. The van der Waals surface area contributed by atoms with Crippen molar-refractivity contribution in [1.82, 2.24) is 0 Å². The first-order chi connectivity index (χ1) is 20.1. The minimum atomic E-state index is -1.25. The average Bonchev–Trinajstić information content (AvgIpc) is 3.62. The summed E-state index contributed by atoms with van der Waals surface area (Å²) in [7, 11) is 0. The van der Waals surface area contributed by atoms with Gasteiger partial charge in [-0.15, -0.1) is 0 Å². The van der Waals surface area contributed by atoms with E-state index in [2.05, 4.69) is 6.58 Å². The Morgan fingerprint density at radius 2 is 1.51 bits per heavy atom. The second-order valence-corrected chi connectivity index (χ2v) is 12.6. The van der Waals surface area contributed by atoms with Gasteiger partial charge in [0, 0.05) is 24.8 Å². The van der Waals surface area contributed by atoms with Crippen LogP contribution < -0.4 is 0 Å². The second kappa shape index (κ2) is 13.7. The molecule has 11 unspecified atom stereocenters. The molecule has 2 saturated carbocycles. The monoisotopic (exact) mass is 604 g/mol. The summed E-state index contributed by atoms with van der Waals surface area (Å²) in [6, 6.07) is 0. The maximum atomic E-state index is 14.2. The van der Waals surface area contributed by atoms with E-state index in [-0.39, 0.29) is 0 Å². The molecule has 3 rings (SSSR count). The zero-order valence-corrected chi connectivity index (χ0v) is 27.0. The average molecular weight is 605 g/mol. The predicted octanol–water partition coefficient (Wildman–Crippen LogP) is 4.53. The van der Waals surface area contributed by atoms with E-state index in [1.807, 2.05) is 34.6 Å². The van der Waals surface area contributed by atoms with Gasteiger partial charge in [-0.05, 0) is 51.5 Å². The largest absolute Gasteiger partial charge is 0.462 e. The molecular weight excluding hydrogens is 556 g/mol. The highest BCUT2D eigenvalue weighted by molar-refractivity contribution is 5.92. The van der Waals surface area contributed by atoms with Crippen LogP contribution >= 0.6 is 0 Å². The molecule has 0 radical (unpaired) electrons. The molecular formula is C33H48O10. The van der Waals surface area contributed by atoms with Crippen molar-refractivity contribution in [2.75, 3.05) is 6.61 Å². The Kier molecular flexibility index (Phi) is 11.0. The molecule has 0 spiro atoms. The van der Waals surface area contributed by atoms with Crippen molar-refractivity contribution >= 4 is 29.7 Å². The van der Waals surface area contributed by atoms with Crippen LogP contribution in [0.1, 0.15) is 81.6 Å². The lowest BCUT2D eigenvalue weighted by atomic mass is 9.61. The van der Waals surface area contributed by atoms with E-state index in [0.717, 1.165) is 5.57 Å². The van der Waals surface area contributed by atoms with Crippen molar-refractivity contribution in [1.29, 1.82) is 0 Å². The van der Waals surface area contributed by atoms with Gasteiger partial charge in [0.2, 0.25) is 0 Å². The molecule has 43 heavy (non-hydrogen) atoms. The van der Waals surface area contributed by atoms with Crippen molar-refractivity contribution in [3.63, 3.8) is 0 Å². The molecule has 0 aromatic heterocycles. The molecule has 240 valence electrons. The summed E-state index contributed by atoms with van der Waals surface area (Å²) in [4.78, 5) is 65.7. The van der Waals surface area contributed by atoms with Gasteiger partial charge in [-0.3, -0.25) is 19.2 Å². The van der Waals surface area contributed by atoms with E-state index in [0.29, 0.717) is 31.4 Å². The minimum absolute atomic E-state index is 0.303. The number of epoxide rings is 1. The Labute approximate surface area is 254 Å². The topological polar surface area (TPSA) is 135 Å². The molecule has 1 heterocycles. The summed E-state index contributed by atoms with van der Waals surface area (Å²) in [5.41, 5.74) is 0.248. The molecule has 1 aliphatic heterocycles. The summed E-state index contributed by atoms with van der Waals surface area (Å²) in [6.45, 7) is 20.2. The Morgan fingerprint density at radius 1 is 0.977 bits per heavy atom. The molecule has 10 heteroatoms. The van der Waals surface area contributed by atoms with Crippen molar-refractivity contribution < 1.29 is 47.7 Å². The van der Waals surface area contributed by atoms with E-state index in [9.17, 15) is 24.0 Å². The Balaban J connectivity index is 2.21. The maximum absolute atomic E-state index is 14.2. The second-order valence-electron chi connectivity index (χ2n) is 12.6. The van der Waals surface area contributed by atoms with E-state index >= 15 is 0 Å². The predicted molar refractivity (Wildman–Crippen MR) is 156 cm³/mol. The first kappa shape index (κ1) is 34.5. The fourth-order valence-electron chi connectivity index (χ4n) is 6.31. The van der Waals surface area contributed by atoms with Gasteiger partial charge >= 0.3 is 23.9 Å². The van der Waals surface area contributed by atoms with Crippen molar-refractivity contribution in [3.05, 3.63) is 23.8 Å². The minimum Gasteiger partial charge on any atom is -0.462 e. The third-order valence-electron chi connectivity index (χ3n) is 9.48. The number of carbonyl (C=O) groups excluding carboxylic acids is 5. The first-order valence-electron chi connectivity index (χ1n) is 15.4. The number of hydrogen-bond donors (Lipinski definition) is 0. The molecule has 1 saturated heterocycles. The lowest BCUT2D eigenvalue weighted by Crippen LogP contribution is -2.58. The molecule has 10 nitrogen and oxygen atoms in total. The van der Waals surface area contributed by atoms with Crippen LogP contribution in [0.25, 0.3) is 0 Å². The molecule has 11 atom stereocenters. The van der Waals surface area contributed by atoms with Crippen molar-refractivity contribution in [3.8, 4) is 0 Å². The summed E-state index contributed by atoms with van der Waals surface area (Å²) >= 11 is 0. The van der Waals surface area contributed by atoms with Crippen LogP contribution in [-0.4, -0.2) is 66.3 Å². The van der Waals surface area contributed by atoms with Gasteiger partial charge < -0.3 is 23.7 Å². The van der Waals surface area contributed by atoms with E-state index in [1.54, 1.807) is 20.8 Å². The third kappa shape index (κ3) is 7.21. The molecule has 0 aromatic rings. The summed E-state index contributed by atoms with van der Waals surface area (Å²) in [6.07, 6.45) is -1.28. The highest BCUT2D eigenvalue weighted by Gasteiger charge is 2.70. The Morgan fingerprint density at radius 3 is 1.98 bits per heavy atom. The van der Waals surface area contributed by atoms with Gasteiger partial charge in [-0.25, -0.2) is 4.79 Å². The Bertz CT molecular complexity index is 1150. The normalized spacial score (nSPS) is 34.0. The zero-order valence-electron chi connectivity index (χ0n) is 27.0. The van der Waals surface area contributed by atoms with Crippen LogP contribution in [-0.2, 0) is 47.7 Å². The zero-order chi connectivity index (χ0) is 32.4. The van der Waals surface area contributed by atoms with Crippen LogP contribution in [0, 0.1) is 35.5 Å². The Hall–Kier alpha value is -3.01. The maximum Gasteiger partial charge on any atom is 0.331 e. The molecule has 0 aromatic carbocycles. The number of allylic oxidation sites excluding steroid dienone is 1. The standard InChI is InChI=1S/C33H48O10/c1-11-16(4)14-22(35)41-30-26(33(10)15-39-33)25-23(19(7)28(30)42-31(37)17(5)12-2)29(43-32(38)18(6)13-3)27(36)24(25)20(8)40-21(9)34/h14,17-18,20,23-26,28-30H,7,11-13,15H2,1-6,8-10H3. The van der Waals surface area contributed by atoms with Crippen LogP contribution in [0.4, 0.5) is 0 Å². The number of Topliss-reactive ketones (excluding diaryl/α,β-unsaturated/α-hetero) is 1. The van der Waals surface area contributed by atoms with Crippen LogP contribution in [0.3, 0.4) is 0 Å². The van der Waals surface area contributed by atoms with Crippen LogP contribution in [0.2, 0.25) is 0 Å². The molecule has 2 aliphatic carbocycles. The fourth-order valence-corrected chi connectivity index (χ4v) is 6.31. The van der Waals surface area contributed by atoms with E-state index < -0.39 is 95.2 Å². The number of ether oxygens (including phenoxy) is 5. The number of carbonyl (C=O) groups is 5. The molecule has 0 amide bonds. The van der Waals surface area contributed by atoms with E-state index in [4.69, 9.17) is 23.7 Å². The van der Waals surface area contributed by atoms with Gasteiger partial charge in [0.05, 0.1) is 30.0 Å². The fraction of sp³-hybridized carbons (Fsp3) is 0.727. The number of esters is 4. The number of hydrogen-bond acceptors (Lipinski definition) is 10. The highest BCUT2D eigenvalue weighted by Crippen LogP contribution is 2.59. The van der Waals surface area contributed by atoms with E-state index in [1.165, 1.54) is 13.0 Å². The lowest BCUT2D eigenvalue weighted by molar-refractivity contribution is -0.184.